The van der Waals surface area contributed by atoms with E-state index in [9.17, 15) is 14.9 Å². The maximum atomic E-state index is 11.9. The number of hydrogen-bond acceptors (Lipinski definition) is 6. The molecule has 0 aromatic heterocycles. The van der Waals surface area contributed by atoms with Crippen molar-refractivity contribution in [2.24, 2.45) is 5.10 Å². The van der Waals surface area contributed by atoms with Gasteiger partial charge in [0.05, 0.1) is 18.2 Å². The van der Waals surface area contributed by atoms with E-state index in [-0.39, 0.29) is 12.3 Å². The smallest absolute Gasteiger partial charge is 0.277 e. The predicted octanol–water partition coefficient (Wildman–Crippen LogP) is 2.75. The molecular weight excluding hydrogens is 338 g/mol. The Bertz CT molecular complexity index is 828. The van der Waals surface area contributed by atoms with Crippen LogP contribution in [0.4, 0.5) is 5.69 Å². The zero-order chi connectivity index (χ0) is 19.1. The second-order valence-corrected chi connectivity index (χ2v) is 5.49. The van der Waals surface area contributed by atoms with Crippen molar-refractivity contribution in [3.63, 3.8) is 0 Å². The summed E-state index contributed by atoms with van der Waals surface area (Å²) in [6, 6.07) is 9.80. The van der Waals surface area contributed by atoms with Crippen molar-refractivity contribution in [1.82, 2.24) is 5.43 Å². The fraction of sp³-hybridized carbons (Fsp3) is 0.222. The van der Waals surface area contributed by atoms with Gasteiger partial charge in [-0.25, -0.2) is 5.43 Å². The monoisotopic (exact) mass is 357 g/mol. The van der Waals surface area contributed by atoms with Crippen LogP contribution in [0.1, 0.15) is 16.7 Å². The number of methoxy groups -OCH3 is 1. The normalized spacial score (nSPS) is 10.6. The highest BCUT2D eigenvalue weighted by atomic mass is 16.6. The first kappa shape index (κ1) is 18.9. The lowest BCUT2D eigenvalue weighted by Crippen LogP contribution is -2.25. The number of non-ortho nitro benzene ring substituents is 1. The van der Waals surface area contributed by atoms with Gasteiger partial charge in [-0.05, 0) is 31.0 Å². The molecule has 2 aromatic rings. The SMILES string of the molecule is COc1ccc([N+](=O)[O-])cc1C=NNC(=O)COc1c(C)cccc1C. The lowest BCUT2D eigenvalue weighted by atomic mass is 10.1. The molecule has 26 heavy (non-hydrogen) atoms. The van der Waals surface area contributed by atoms with E-state index in [0.717, 1.165) is 11.1 Å². The Morgan fingerprint density at radius 2 is 1.96 bits per heavy atom. The summed E-state index contributed by atoms with van der Waals surface area (Å²) >= 11 is 0. The molecule has 0 aliphatic carbocycles. The average molecular weight is 357 g/mol. The van der Waals surface area contributed by atoms with Gasteiger partial charge in [0.2, 0.25) is 0 Å². The minimum absolute atomic E-state index is 0.100. The van der Waals surface area contributed by atoms with Gasteiger partial charge in [-0.3, -0.25) is 14.9 Å². The summed E-state index contributed by atoms with van der Waals surface area (Å²) in [7, 11) is 1.44. The molecule has 8 nitrogen and oxygen atoms in total. The highest BCUT2D eigenvalue weighted by Crippen LogP contribution is 2.23. The number of aryl methyl sites for hydroxylation is 2. The van der Waals surface area contributed by atoms with Crippen LogP contribution in [0.5, 0.6) is 11.5 Å². The van der Waals surface area contributed by atoms with Crippen molar-refractivity contribution in [2.75, 3.05) is 13.7 Å². The summed E-state index contributed by atoms with van der Waals surface area (Å²) in [4.78, 5) is 22.2. The standard InChI is InChI=1S/C18H19N3O5/c1-12-5-4-6-13(2)18(12)26-11-17(22)20-19-10-14-9-15(21(23)24)7-8-16(14)25-3/h4-10H,11H2,1-3H3,(H,20,22). The van der Waals surface area contributed by atoms with E-state index >= 15 is 0 Å². The molecular formula is C18H19N3O5. The van der Waals surface area contributed by atoms with Gasteiger partial charge in [-0.1, -0.05) is 18.2 Å². The largest absolute Gasteiger partial charge is 0.496 e. The summed E-state index contributed by atoms with van der Waals surface area (Å²) in [6.07, 6.45) is 1.28. The van der Waals surface area contributed by atoms with Crippen LogP contribution in [0.15, 0.2) is 41.5 Å². The fourth-order valence-corrected chi connectivity index (χ4v) is 2.31. The molecule has 8 heteroatoms. The molecule has 0 saturated heterocycles. The van der Waals surface area contributed by atoms with Crippen molar-refractivity contribution in [3.8, 4) is 11.5 Å². The molecule has 0 radical (unpaired) electrons. The Hall–Kier alpha value is -3.42. The second kappa shape index (κ2) is 8.61. The lowest BCUT2D eigenvalue weighted by molar-refractivity contribution is -0.384. The zero-order valence-electron chi connectivity index (χ0n) is 14.7. The first-order valence-corrected chi connectivity index (χ1v) is 7.75. The van der Waals surface area contributed by atoms with Crippen molar-refractivity contribution in [1.29, 1.82) is 0 Å². The van der Waals surface area contributed by atoms with Crippen LogP contribution in [0, 0.1) is 24.0 Å². The number of hydrazone groups is 1. The van der Waals surface area contributed by atoms with Gasteiger partial charge in [0.1, 0.15) is 11.5 Å². The minimum Gasteiger partial charge on any atom is -0.496 e. The summed E-state index contributed by atoms with van der Waals surface area (Å²) < 4.78 is 10.6. The molecule has 0 aliphatic heterocycles. The number of hydrogen-bond donors (Lipinski definition) is 1. The summed E-state index contributed by atoms with van der Waals surface area (Å²) in [5.41, 5.74) is 4.46. The number of rotatable bonds is 7. The number of nitro groups is 1. The molecule has 0 atom stereocenters. The number of nitrogens with zero attached hydrogens (tertiary/aromatic N) is 2. The molecule has 0 bridgehead atoms. The molecule has 0 heterocycles. The Morgan fingerprint density at radius 1 is 1.27 bits per heavy atom. The number of carbonyl (C=O) groups is 1. The van der Waals surface area contributed by atoms with Crippen LogP contribution < -0.4 is 14.9 Å². The van der Waals surface area contributed by atoms with Gasteiger partial charge < -0.3 is 9.47 Å². The average Bonchev–Trinajstić information content (AvgIpc) is 2.61. The molecule has 0 unspecified atom stereocenters. The number of nitrogens with one attached hydrogen (secondary N) is 1. The lowest BCUT2D eigenvalue weighted by Gasteiger charge is -2.10. The van der Waals surface area contributed by atoms with Crippen LogP contribution >= 0.6 is 0 Å². The van der Waals surface area contributed by atoms with E-state index < -0.39 is 10.8 Å². The van der Waals surface area contributed by atoms with E-state index in [1.165, 1.54) is 31.5 Å². The van der Waals surface area contributed by atoms with Crippen molar-refractivity contribution >= 4 is 17.8 Å². The molecule has 0 spiro atoms. The quantitative estimate of drug-likeness (QED) is 0.466. The number of nitro benzene ring substituents is 1. The van der Waals surface area contributed by atoms with Gasteiger partial charge in [0.25, 0.3) is 11.6 Å². The Balaban J connectivity index is 1.99. The van der Waals surface area contributed by atoms with Crippen LogP contribution in [0.25, 0.3) is 0 Å². The minimum atomic E-state index is -0.520. The van der Waals surface area contributed by atoms with Crippen LogP contribution in [0.2, 0.25) is 0 Å². The van der Waals surface area contributed by atoms with Gasteiger partial charge in [0.15, 0.2) is 6.61 Å². The molecule has 1 amide bonds. The molecule has 2 aromatic carbocycles. The molecule has 1 N–H and O–H groups in total. The maximum absolute atomic E-state index is 11.9. The summed E-state index contributed by atoms with van der Waals surface area (Å²) in [5, 5.41) is 14.6. The Kier molecular flexibility index (Phi) is 6.26. The number of ether oxygens (including phenoxy) is 2. The molecule has 0 saturated carbocycles. The third-order valence-corrected chi connectivity index (χ3v) is 3.57. The maximum Gasteiger partial charge on any atom is 0.277 e. The first-order valence-electron chi connectivity index (χ1n) is 7.75. The van der Waals surface area contributed by atoms with Crippen LogP contribution in [-0.4, -0.2) is 30.8 Å². The third kappa shape index (κ3) is 4.79. The molecule has 0 aliphatic rings. The third-order valence-electron chi connectivity index (χ3n) is 3.57. The number of carbonyl (C=O) groups excluding carboxylic acids is 1. The molecule has 136 valence electrons. The topological polar surface area (TPSA) is 103 Å². The van der Waals surface area contributed by atoms with Crippen molar-refractivity contribution in [3.05, 3.63) is 63.2 Å². The Labute approximate surface area is 150 Å². The van der Waals surface area contributed by atoms with Crippen molar-refractivity contribution in [2.45, 2.75) is 13.8 Å². The predicted molar refractivity (Wildman–Crippen MR) is 96.8 cm³/mol. The van der Waals surface area contributed by atoms with Crippen LogP contribution in [-0.2, 0) is 4.79 Å². The van der Waals surface area contributed by atoms with E-state index in [0.29, 0.717) is 17.1 Å². The fourth-order valence-electron chi connectivity index (χ4n) is 2.31. The second-order valence-electron chi connectivity index (χ2n) is 5.49. The molecule has 2 rings (SSSR count). The van der Waals surface area contributed by atoms with Crippen molar-refractivity contribution < 1.29 is 19.2 Å². The van der Waals surface area contributed by atoms with Gasteiger partial charge >= 0.3 is 0 Å². The number of amides is 1. The first-order chi connectivity index (χ1) is 12.4. The van der Waals surface area contributed by atoms with E-state index in [2.05, 4.69) is 10.5 Å². The summed E-state index contributed by atoms with van der Waals surface area (Å²) in [6.45, 7) is 3.59. The van der Waals surface area contributed by atoms with E-state index in [1.807, 2.05) is 32.0 Å². The van der Waals surface area contributed by atoms with E-state index in [4.69, 9.17) is 9.47 Å². The van der Waals surface area contributed by atoms with Gasteiger partial charge in [0, 0.05) is 17.7 Å². The highest BCUT2D eigenvalue weighted by Gasteiger charge is 2.10. The number of benzene rings is 2. The van der Waals surface area contributed by atoms with E-state index in [1.54, 1.807) is 0 Å². The summed E-state index contributed by atoms with van der Waals surface area (Å²) in [5.74, 6) is 0.612. The van der Waals surface area contributed by atoms with Gasteiger partial charge in [-0.2, -0.15) is 5.10 Å². The highest BCUT2D eigenvalue weighted by molar-refractivity contribution is 5.86. The number of para-hydroxylation sites is 1. The van der Waals surface area contributed by atoms with Crippen LogP contribution in [0.3, 0.4) is 0 Å². The zero-order valence-corrected chi connectivity index (χ0v) is 14.7. The molecule has 0 fully saturated rings. The Morgan fingerprint density at radius 3 is 2.58 bits per heavy atom. The van der Waals surface area contributed by atoms with Gasteiger partial charge in [-0.15, -0.1) is 0 Å².